The zero-order chi connectivity index (χ0) is 4.50. The molecule has 0 aromatic rings. The van der Waals surface area contributed by atoms with Crippen LogP contribution in [0.3, 0.4) is 0 Å². The summed E-state index contributed by atoms with van der Waals surface area (Å²) in [6, 6.07) is 0. The van der Waals surface area contributed by atoms with Gasteiger partial charge >= 0.3 is 67.3 Å². The molecule has 0 bridgehead atoms. The Labute approximate surface area is 90.7 Å². The fraction of sp³-hybridized carbons (Fsp3) is 0. The Morgan fingerprint density at radius 1 is 1.25 bits per heavy atom. The fourth-order valence-corrected chi connectivity index (χ4v) is 0. The van der Waals surface area contributed by atoms with Crippen LogP contribution in [0.5, 0.6) is 0 Å². The molecule has 0 atom stereocenters. The van der Waals surface area contributed by atoms with E-state index in [2.05, 4.69) is 0 Å². The van der Waals surface area contributed by atoms with Gasteiger partial charge in [-0.3, -0.25) is 9.11 Å². The summed E-state index contributed by atoms with van der Waals surface area (Å²) in [4.78, 5) is 0. The Balaban J connectivity index is -0.0000000133. The van der Waals surface area contributed by atoms with Gasteiger partial charge in [0, 0.05) is 0 Å². The van der Waals surface area contributed by atoms with E-state index in [1.54, 1.807) is 0 Å². The molecule has 0 heterocycles. The van der Waals surface area contributed by atoms with E-state index in [0.717, 1.165) is 0 Å². The molecule has 8 heteroatoms. The van der Waals surface area contributed by atoms with Gasteiger partial charge in [0.25, 0.3) is 0 Å². The summed E-state index contributed by atoms with van der Waals surface area (Å²) >= 11 is 0. The molecule has 48 valence electrons. The van der Waals surface area contributed by atoms with Crippen LogP contribution in [0.1, 0.15) is 1.43 Å². The molecule has 0 aromatic heterocycles. The summed E-state index contributed by atoms with van der Waals surface area (Å²) in [7, 11) is -4.67. The first-order chi connectivity index (χ1) is 2.00. The number of hydrogen-bond acceptors (Lipinski definition) is 2. The monoisotopic (exact) mass is 350 g/mol. The molecule has 4 N–H and O–H groups in total. The van der Waals surface area contributed by atoms with Crippen molar-refractivity contribution in [2.24, 2.45) is 0 Å². The van der Waals surface area contributed by atoms with E-state index in [-0.39, 0.29) is 63.8 Å². The Hall–Kier alpha value is 1.75. The Kier molecular flexibility index (Phi) is 24.7. The van der Waals surface area contributed by atoms with E-state index < -0.39 is 10.4 Å². The molecule has 2 radical (unpaired) electrons. The summed E-state index contributed by atoms with van der Waals surface area (Å²) in [5.74, 6) is 0. The second kappa shape index (κ2) is 8.75. The van der Waals surface area contributed by atoms with Crippen molar-refractivity contribution >= 4 is 37.7 Å². The third-order valence-corrected chi connectivity index (χ3v) is 0. The minimum atomic E-state index is -4.67. The Morgan fingerprint density at radius 3 is 1.25 bits per heavy atom. The standard InChI is InChI=1S/Na.H2O4S.H2O.Pb.3H/c;1-5(2,3)4;;;;;/h;(H2,1,2,3,4);1H2;;;;/q+1;;;;;;-1. The van der Waals surface area contributed by atoms with E-state index in [4.69, 9.17) is 17.5 Å². The molecule has 0 saturated carbocycles. The minimum absolute atomic E-state index is 0. The molecule has 0 rings (SSSR count). The van der Waals surface area contributed by atoms with Crippen LogP contribution in [0.15, 0.2) is 0 Å². The normalized spacial score (nSPS) is 7.25. The number of rotatable bonds is 0. The van der Waals surface area contributed by atoms with Crippen LogP contribution >= 0.6 is 0 Å². The average Bonchev–Trinajstić information content (AvgIpc) is 0.722. The van der Waals surface area contributed by atoms with Gasteiger partial charge < -0.3 is 6.90 Å². The van der Waals surface area contributed by atoms with E-state index in [1.807, 2.05) is 0 Å². The molecule has 0 amide bonds. The number of hydrogen-bond donors (Lipinski definition) is 2. The average molecular weight is 349 g/mol. The molecular formula is H7NaO5PbS. The topological polar surface area (TPSA) is 106 Å². The van der Waals surface area contributed by atoms with E-state index in [0.29, 0.717) is 0 Å². The van der Waals surface area contributed by atoms with Crippen LogP contribution in [-0.4, -0.2) is 50.3 Å². The van der Waals surface area contributed by atoms with E-state index >= 15 is 0 Å². The molecule has 8 heavy (non-hydrogen) atoms. The van der Waals surface area contributed by atoms with Crippen molar-refractivity contribution in [2.75, 3.05) is 0 Å². The predicted octanol–water partition coefficient (Wildman–Crippen LogP) is -5.28. The van der Waals surface area contributed by atoms with Crippen LogP contribution in [0.25, 0.3) is 0 Å². The molecule has 5 nitrogen and oxygen atoms in total. The van der Waals surface area contributed by atoms with E-state index in [1.165, 1.54) is 0 Å². The van der Waals surface area contributed by atoms with E-state index in [9.17, 15) is 0 Å². The van der Waals surface area contributed by atoms with Gasteiger partial charge in [-0.1, -0.05) is 0 Å². The Morgan fingerprint density at radius 2 is 1.25 bits per heavy atom. The molecule has 0 unspecified atom stereocenters. The van der Waals surface area contributed by atoms with Crippen LogP contribution in [0, 0.1) is 0 Å². The third-order valence-electron chi connectivity index (χ3n) is 0. The SMILES string of the molecule is O.O=S(=O)(O)O.[H-].[Na+].[PbH2]. The van der Waals surface area contributed by atoms with Gasteiger partial charge in [-0.25, -0.2) is 0 Å². The van der Waals surface area contributed by atoms with Crippen molar-refractivity contribution in [3.05, 3.63) is 0 Å². The second-order valence-electron chi connectivity index (χ2n) is 0.448. The van der Waals surface area contributed by atoms with Gasteiger partial charge in [-0.2, -0.15) is 8.42 Å². The van der Waals surface area contributed by atoms with Crippen molar-refractivity contribution in [2.45, 2.75) is 0 Å². The molecule has 0 aliphatic rings. The summed E-state index contributed by atoms with van der Waals surface area (Å²) in [5, 5.41) is 0. The van der Waals surface area contributed by atoms with Gasteiger partial charge in [0.15, 0.2) is 0 Å². The molecule has 0 aromatic carbocycles. The van der Waals surface area contributed by atoms with Crippen molar-refractivity contribution < 1.29 is 54.0 Å². The first kappa shape index (κ1) is 22.6. The van der Waals surface area contributed by atoms with Crippen LogP contribution in [0.4, 0.5) is 0 Å². The van der Waals surface area contributed by atoms with Gasteiger partial charge in [0.05, 0.1) is 0 Å². The molecule has 0 fully saturated rings. The summed E-state index contributed by atoms with van der Waals surface area (Å²) in [5.41, 5.74) is 0. The van der Waals surface area contributed by atoms with Crippen molar-refractivity contribution in [1.29, 1.82) is 0 Å². The fourth-order valence-electron chi connectivity index (χ4n) is 0. The summed E-state index contributed by atoms with van der Waals surface area (Å²) < 4.78 is 31.6. The molecule has 0 aliphatic carbocycles. The Bertz CT molecular complexity index is 100. The summed E-state index contributed by atoms with van der Waals surface area (Å²) in [6.07, 6.45) is 0. The molecular weight excluding hydrogens is 342 g/mol. The van der Waals surface area contributed by atoms with Gasteiger partial charge in [0.2, 0.25) is 0 Å². The quantitative estimate of drug-likeness (QED) is 0.337. The maximum atomic E-state index is 8.74. The van der Waals surface area contributed by atoms with Crippen LogP contribution in [0.2, 0.25) is 0 Å². The van der Waals surface area contributed by atoms with Crippen molar-refractivity contribution in [1.82, 2.24) is 0 Å². The maximum absolute atomic E-state index is 8.74. The first-order valence-corrected chi connectivity index (χ1v) is 2.10. The van der Waals surface area contributed by atoms with Crippen molar-refractivity contribution in [3.63, 3.8) is 0 Å². The molecule has 0 saturated heterocycles. The van der Waals surface area contributed by atoms with Gasteiger partial charge in [-0.05, 0) is 0 Å². The second-order valence-corrected chi connectivity index (χ2v) is 1.34. The van der Waals surface area contributed by atoms with Crippen LogP contribution < -0.4 is 29.6 Å². The molecule has 0 spiro atoms. The molecule has 0 aliphatic heterocycles. The zero-order valence-corrected chi connectivity index (χ0v) is 12.6. The van der Waals surface area contributed by atoms with Crippen LogP contribution in [-0.2, 0) is 10.4 Å². The van der Waals surface area contributed by atoms with Gasteiger partial charge in [0.1, 0.15) is 0 Å². The summed E-state index contributed by atoms with van der Waals surface area (Å²) in [6.45, 7) is 0. The predicted molar refractivity (Wildman–Crippen MR) is 27.4 cm³/mol. The first-order valence-electron chi connectivity index (χ1n) is 0.698. The van der Waals surface area contributed by atoms with Crippen molar-refractivity contribution in [3.8, 4) is 0 Å². The van der Waals surface area contributed by atoms with Gasteiger partial charge in [-0.15, -0.1) is 0 Å². The third kappa shape index (κ3) is 115. The zero-order valence-electron chi connectivity index (χ0n) is 5.33.